The number of thioether (sulfide) groups is 1. The Morgan fingerprint density at radius 3 is 2.62 bits per heavy atom. The highest BCUT2D eigenvalue weighted by Crippen LogP contribution is 2.45. The quantitative estimate of drug-likeness (QED) is 0.679. The summed E-state index contributed by atoms with van der Waals surface area (Å²) in [5, 5.41) is 17.6. The van der Waals surface area contributed by atoms with Crippen molar-refractivity contribution in [3.05, 3.63) is 17.5 Å². The van der Waals surface area contributed by atoms with Crippen molar-refractivity contribution in [2.75, 3.05) is 51.3 Å². The van der Waals surface area contributed by atoms with Crippen molar-refractivity contribution in [3.8, 4) is 0 Å². The van der Waals surface area contributed by atoms with Crippen LogP contribution in [-0.2, 0) is 13.0 Å². The summed E-state index contributed by atoms with van der Waals surface area (Å²) in [5.41, 5.74) is 2.71. The molecule has 26 heavy (non-hydrogen) atoms. The molecule has 0 radical (unpaired) electrons. The predicted molar refractivity (Wildman–Crippen MR) is 110 cm³/mol. The lowest BCUT2D eigenvalue weighted by molar-refractivity contribution is -0.0438. The molecule has 1 atom stereocenters. The number of likely N-dealkylation sites (tertiary alicyclic amines) is 2. The number of piperidine rings is 2. The maximum atomic E-state index is 10.1. The van der Waals surface area contributed by atoms with E-state index >= 15 is 0 Å². The fourth-order valence-electron chi connectivity index (χ4n) is 4.80. The highest BCUT2D eigenvalue weighted by molar-refractivity contribution is 7.98. The van der Waals surface area contributed by atoms with E-state index in [4.69, 9.17) is 0 Å². The number of nitrogens with zero attached hydrogens (tertiary/aromatic N) is 3. The van der Waals surface area contributed by atoms with Crippen LogP contribution >= 0.6 is 11.8 Å². The van der Waals surface area contributed by atoms with Gasteiger partial charge >= 0.3 is 0 Å². The molecule has 0 amide bonds. The van der Waals surface area contributed by atoms with Gasteiger partial charge in [-0.1, -0.05) is 6.92 Å². The van der Waals surface area contributed by atoms with Crippen molar-refractivity contribution in [1.82, 2.24) is 20.0 Å². The van der Waals surface area contributed by atoms with Gasteiger partial charge in [0.15, 0.2) is 0 Å². The molecule has 0 unspecified atom stereocenters. The van der Waals surface area contributed by atoms with E-state index in [-0.39, 0.29) is 0 Å². The third kappa shape index (κ3) is 4.83. The summed E-state index contributed by atoms with van der Waals surface area (Å²) < 4.78 is 0. The van der Waals surface area contributed by atoms with Crippen LogP contribution in [0.25, 0.3) is 0 Å². The van der Waals surface area contributed by atoms with E-state index in [1.54, 1.807) is 0 Å². The molecule has 0 aliphatic carbocycles. The first-order valence-electron chi connectivity index (χ1n) is 10.3. The number of nitrogens with one attached hydrogen (secondary N) is 1. The molecule has 148 valence electrons. The van der Waals surface area contributed by atoms with E-state index in [9.17, 15) is 5.11 Å². The third-order valence-electron chi connectivity index (χ3n) is 6.61. The van der Waals surface area contributed by atoms with Gasteiger partial charge in [0.05, 0.1) is 5.69 Å². The average Bonchev–Trinajstić information content (AvgIpc) is 3.13. The standard InChI is InChI=1S/C20H36N4OS/c1-3-18-13-19(22-21-18)15-24-11-7-20(17(14-24)16-25)5-9-23(10-6-20)8-4-12-26-2/h13,17,25H,3-12,14-16H2,1-2H3,(H,21,22)/t17-/m0/s1. The molecule has 2 aliphatic rings. The molecule has 2 fully saturated rings. The Balaban J connectivity index is 1.51. The summed E-state index contributed by atoms with van der Waals surface area (Å²) in [6.07, 6.45) is 8.22. The molecule has 2 N–H and O–H groups in total. The SMILES string of the molecule is CCc1cc(CN2CCC3(CCN(CCCSC)CC3)[C@H](CO)C2)[nH]n1. The number of aromatic nitrogens is 2. The first kappa shape index (κ1) is 20.2. The number of aliphatic hydroxyl groups excluding tert-OH is 1. The van der Waals surface area contributed by atoms with Crippen LogP contribution in [0.5, 0.6) is 0 Å². The molecule has 1 aromatic rings. The molecule has 2 saturated heterocycles. The maximum absolute atomic E-state index is 10.1. The van der Waals surface area contributed by atoms with Crippen LogP contribution in [0.2, 0.25) is 0 Å². The second kappa shape index (κ2) is 9.58. The van der Waals surface area contributed by atoms with E-state index in [0.717, 1.165) is 31.7 Å². The van der Waals surface area contributed by atoms with E-state index in [2.05, 4.69) is 39.2 Å². The minimum Gasteiger partial charge on any atom is -0.396 e. The lowest BCUT2D eigenvalue weighted by Gasteiger charge is -2.51. The summed E-state index contributed by atoms with van der Waals surface area (Å²) in [6, 6.07) is 2.19. The summed E-state index contributed by atoms with van der Waals surface area (Å²) in [5.74, 6) is 1.68. The zero-order chi connectivity index (χ0) is 18.4. The van der Waals surface area contributed by atoms with Crippen molar-refractivity contribution in [1.29, 1.82) is 0 Å². The zero-order valence-corrected chi connectivity index (χ0v) is 17.4. The predicted octanol–water partition coefficient (Wildman–Crippen LogP) is 2.62. The van der Waals surface area contributed by atoms with Crippen molar-refractivity contribution in [2.45, 2.75) is 45.6 Å². The number of aromatic amines is 1. The van der Waals surface area contributed by atoms with E-state index in [1.807, 2.05) is 11.8 Å². The van der Waals surface area contributed by atoms with Gasteiger partial charge in [-0.05, 0) is 81.8 Å². The van der Waals surface area contributed by atoms with Gasteiger partial charge in [-0.3, -0.25) is 10.00 Å². The average molecular weight is 381 g/mol. The molecule has 1 aromatic heterocycles. The molecule has 1 spiro atoms. The number of aliphatic hydroxyl groups is 1. The fraction of sp³-hybridized carbons (Fsp3) is 0.850. The van der Waals surface area contributed by atoms with Gasteiger partial charge in [0, 0.05) is 31.3 Å². The Bertz CT molecular complexity index is 542. The van der Waals surface area contributed by atoms with Crippen LogP contribution in [0, 0.1) is 11.3 Å². The van der Waals surface area contributed by atoms with Gasteiger partial charge < -0.3 is 10.0 Å². The van der Waals surface area contributed by atoms with Crippen LogP contribution in [0.4, 0.5) is 0 Å². The summed E-state index contributed by atoms with van der Waals surface area (Å²) >= 11 is 1.95. The Morgan fingerprint density at radius 1 is 1.27 bits per heavy atom. The third-order valence-corrected chi connectivity index (χ3v) is 7.30. The molecule has 0 saturated carbocycles. The lowest BCUT2D eigenvalue weighted by atomic mass is 9.64. The van der Waals surface area contributed by atoms with Crippen molar-refractivity contribution in [2.24, 2.45) is 11.3 Å². The van der Waals surface area contributed by atoms with E-state index < -0.39 is 0 Å². The minimum absolute atomic E-state index is 0.326. The highest BCUT2D eigenvalue weighted by atomic mass is 32.2. The first-order chi connectivity index (χ1) is 12.7. The van der Waals surface area contributed by atoms with Crippen molar-refractivity contribution >= 4 is 11.8 Å². The van der Waals surface area contributed by atoms with Crippen molar-refractivity contribution in [3.63, 3.8) is 0 Å². The smallest absolute Gasteiger partial charge is 0.0622 e. The maximum Gasteiger partial charge on any atom is 0.0622 e. The molecular formula is C20H36N4OS. The Kier molecular flexibility index (Phi) is 7.44. The van der Waals surface area contributed by atoms with Crippen LogP contribution in [0.1, 0.15) is 44.0 Å². The fourth-order valence-corrected chi connectivity index (χ4v) is 5.22. The molecule has 5 nitrogen and oxygen atoms in total. The van der Waals surface area contributed by atoms with Gasteiger partial charge in [-0.15, -0.1) is 0 Å². The summed E-state index contributed by atoms with van der Waals surface area (Å²) in [7, 11) is 0. The number of rotatable bonds is 8. The largest absolute Gasteiger partial charge is 0.396 e. The second-order valence-corrected chi connectivity index (χ2v) is 9.14. The van der Waals surface area contributed by atoms with Gasteiger partial charge in [0.2, 0.25) is 0 Å². The number of hydrogen-bond acceptors (Lipinski definition) is 5. The van der Waals surface area contributed by atoms with Crippen LogP contribution in [-0.4, -0.2) is 76.4 Å². The number of hydrogen-bond donors (Lipinski definition) is 2. The van der Waals surface area contributed by atoms with Crippen LogP contribution in [0.3, 0.4) is 0 Å². The van der Waals surface area contributed by atoms with Gasteiger partial charge in [-0.2, -0.15) is 16.9 Å². The Hall–Kier alpha value is -0.560. The number of H-pyrrole nitrogens is 1. The normalized spacial score (nSPS) is 24.3. The molecule has 0 aromatic carbocycles. The monoisotopic (exact) mass is 380 g/mol. The van der Waals surface area contributed by atoms with Gasteiger partial charge in [-0.25, -0.2) is 0 Å². The summed E-state index contributed by atoms with van der Waals surface area (Å²) in [4.78, 5) is 5.14. The van der Waals surface area contributed by atoms with Crippen LogP contribution < -0.4 is 0 Å². The topological polar surface area (TPSA) is 55.4 Å². The Labute approximate surface area is 162 Å². The molecular weight excluding hydrogens is 344 g/mol. The second-order valence-electron chi connectivity index (χ2n) is 8.15. The van der Waals surface area contributed by atoms with Gasteiger partial charge in [0.25, 0.3) is 0 Å². The lowest BCUT2D eigenvalue weighted by Crippen LogP contribution is -2.53. The minimum atomic E-state index is 0.326. The van der Waals surface area contributed by atoms with Crippen LogP contribution in [0.15, 0.2) is 6.07 Å². The number of aryl methyl sites for hydroxylation is 1. The zero-order valence-electron chi connectivity index (χ0n) is 16.5. The van der Waals surface area contributed by atoms with Crippen molar-refractivity contribution < 1.29 is 5.11 Å². The summed E-state index contributed by atoms with van der Waals surface area (Å²) in [6.45, 7) is 9.22. The molecule has 6 heteroatoms. The first-order valence-corrected chi connectivity index (χ1v) is 11.7. The molecule has 3 rings (SSSR count). The Morgan fingerprint density at radius 2 is 2.00 bits per heavy atom. The molecule has 0 bridgehead atoms. The highest BCUT2D eigenvalue weighted by Gasteiger charge is 2.44. The molecule has 3 heterocycles. The van der Waals surface area contributed by atoms with Gasteiger partial charge in [0.1, 0.15) is 0 Å². The van der Waals surface area contributed by atoms with E-state index in [1.165, 1.54) is 56.8 Å². The van der Waals surface area contributed by atoms with E-state index in [0.29, 0.717) is 17.9 Å². The molecule has 2 aliphatic heterocycles.